The molecule has 13 heteroatoms. The topological polar surface area (TPSA) is 120 Å². The summed E-state index contributed by atoms with van der Waals surface area (Å²) in [5.74, 6) is -2.06. The number of piperidine rings is 1. The van der Waals surface area contributed by atoms with Crippen LogP contribution in [0.4, 0.5) is 4.39 Å². The molecule has 4 aliphatic heterocycles. The van der Waals surface area contributed by atoms with Gasteiger partial charge in [-0.05, 0) is 93.3 Å². The number of nitrogens with one attached hydrogen (secondary N) is 3. The van der Waals surface area contributed by atoms with Crippen molar-refractivity contribution >= 4 is 47.4 Å². The highest BCUT2D eigenvalue weighted by Crippen LogP contribution is 2.44. The lowest BCUT2D eigenvalue weighted by atomic mass is 9.86. The fourth-order valence-corrected chi connectivity index (χ4v) is 8.50. The third kappa shape index (κ3) is 7.50. The number of ether oxygens (including phenoxy) is 1. The first-order chi connectivity index (χ1) is 22.1. The molecule has 2 saturated heterocycles. The molecule has 0 radical (unpaired) electrons. The minimum Gasteiger partial charge on any atom is -0.369 e. The van der Waals surface area contributed by atoms with E-state index in [1.165, 1.54) is 22.3 Å². The number of fused-ring (bicyclic) bond motifs is 5. The molecule has 3 N–H and O–H groups in total. The minimum absolute atomic E-state index is 0. The molecule has 2 atom stereocenters. The van der Waals surface area contributed by atoms with Gasteiger partial charge in [0.05, 0.1) is 23.6 Å². The Morgan fingerprint density at radius 1 is 1.09 bits per heavy atom. The van der Waals surface area contributed by atoms with Gasteiger partial charge >= 0.3 is 0 Å². The van der Waals surface area contributed by atoms with Crippen LogP contribution < -0.4 is 16.0 Å². The van der Waals surface area contributed by atoms with Gasteiger partial charge in [-0.25, -0.2) is 4.39 Å². The number of halogens is 2. The fourth-order valence-electron chi connectivity index (χ4n) is 7.12. The van der Waals surface area contributed by atoms with E-state index in [9.17, 15) is 23.6 Å². The molecule has 2 aromatic rings. The highest BCUT2D eigenvalue weighted by Gasteiger charge is 2.42. The van der Waals surface area contributed by atoms with E-state index in [4.69, 9.17) is 4.74 Å². The average Bonchev–Trinajstić information content (AvgIpc) is 3.71. The van der Waals surface area contributed by atoms with E-state index in [1.54, 1.807) is 17.0 Å². The monoisotopic (exact) mass is 689 g/mol. The molecule has 4 amide bonds. The van der Waals surface area contributed by atoms with Gasteiger partial charge in [-0.1, -0.05) is 19.9 Å². The Labute approximate surface area is 285 Å². The van der Waals surface area contributed by atoms with Crippen LogP contribution in [0.25, 0.3) is 0 Å². The van der Waals surface area contributed by atoms with E-state index in [2.05, 4.69) is 16.0 Å². The third-order valence-electron chi connectivity index (χ3n) is 9.81. The number of aryl methyl sites for hydroxylation is 1. The van der Waals surface area contributed by atoms with Crippen molar-refractivity contribution in [1.82, 2.24) is 25.8 Å². The normalized spacial score (nSPS) is 23.8. The zero-order chi connectivity index (χ0) is 32.4. The summed E-state index contributed by atoms with van der Waals surface area (Å²) in [6.45, 7) is 6.93. The standard InChI is InChI=1S/C34H44FN5O5S.ClH/c1-21(2)26-19-39(33(44)28-18-23-9-16-45-34(30(23)46-28)10-13-36-14-11-34)20-29(41)37-12-3-5-22-7-8-25(35)24(17-22)32(43)40-15-4-6-27(40)31(42)38-26;/h7-8,17-18,21,26-27,36H,3-6,9-16,19-20H2,1-2H3,(H,37,41)(H,38,42);1H/t26-,27-;/m0./s1. The van der Waals surface area contributed by atoms with Crippen molar-refractivity contribution in [2.75, 3.05) is 45.9 Å². The van der Waals surface area contributed by atoms with Gasteiger partial charge in [0.2, 0.25) is 11.8 Å². The highest BCUT2D eigenvalue weighted by atomic mass is 35.5. The first kappa shape index (κ1) is 35.3. The van der Waals surface area contributed by atoms with Crippen molar-refractivity contribution in [2.24, 2.45) is 5.92 Å². The van der Waals surface area contributed by atoms with Crippen molar-refractivity contribution in [3.63, 3.8) is 0 Å². The zero-order valence-corrected chi connectivity index (χ0v) is 28.7. The molecule has 5 heterocycles. The molecule has 0 aliphatic carbocycles. The fraction of sp³-hybridized carbons (Fsp3) is 0.588. The second kappa shape index (κ2) is 15.0. The summed E-state index contributed by atoms with van der Waals surface area (Å²) in [4.78, 5) is 59.4. The number of amides is 4. The lowest BCUT2D eigenvalue weighted by Gasteiger charge is -2.40. The Bertz CT molecular complexity index is 1500. The molecular formula is C34H45ClFN5O5S. The van der Waals surface area contributed by atoms with Crippen LogP contribution in [0.1, 0.15) is 82.0 Å². The first-order valence-corrected chi connectivity index (χ1v) is 17.4. The summed E-state index contributed by atoms with van der Waals surface area (Å²) >= 11 is 1.46. The number of thiophene rings is 1. The maximum Gasteiger partial charge on any atom is 0.264 e. The smallest absolute Gasteiger partial charge is 0.264 e. The minimum atomic E-state index is -0.745. The Morgan fingerprint density at radius 3 is 2.64 bits per heavy atom. The van der Waals surface area contributed by atoms with E-state index < -0.39 is 23.8 Å². The summed E-state index contributed by atoms with van der Waals surface area (Å²) in [7, 11) is 0. The second-order valence-electron chi connectivity index (χ2n) is 13.3. The van der Waals surface area contributed by atoms with Gasteiger partial charge in [-0.15, -0.1) is 23.7 Å². The Kier molecular flexibility index (Phi) is 11.3. The summed E-state index contributed by atoms with van der Waals surface area (Å²) in [6, 6.07) is 5.23. The van der Waals surface area contributed by atoms with E-state index in [1.807, 2.05) is 19.9 Å². The molecule has 2 fully saturated rings. The summed E-state index contributed by atoms with van der Waals surface area (Å²) < 4.78 is 21.2. The molecule has 2 bridgehead atoms. The van der Waals surface area contributed by atoms with Crippen LogP contribution in [-0.4, -0.2) is 91.4 Å². The maximum absolute atomic E-state index is 14.9. The van der Waals surface area contributed by atoms with Gasteiger partial charge in [0, 0.05) is 30.6 Å². The Balaban J connectivity index is 0.00000433. The molecule has 1 aromatic heterocycles. The van der Waals surface area contributed by atoms with Crippen molar-refractivity contribution in [3.8, 4) is 0 Å². The Morgan fingerprint density at radius 2 is 1.87 bits per heavy atom. The van der Waals surface area contributed by atoms with Crippen LogP contribution in [0.5, 0.6) is 0 Å². The van der Waals surface area contributed by atoms with E-state index in [0.717, 1.165) is 48.4 Å². The molecule has 47 heavy (non-hydrogen) atoms. The average molecular weight is 690 g/mol. The zero-order valence-electron chi connectivity index (χ0n) is 27.1. The van der Waals surface area contributed by atoms with Crippen LogP contribution in [0.3, 0.4) is 0 Å². The molecule has 1 aromatic carbocycles. The van der Waals surface area contributed by atoms with Gasteiger partial charge in [0.15, 0.2) is 0 Å². The number of rotatable bonds is 2. The van der Waals surface area contributed by atoms with Crippen molar-refractivity contribution in [3.05, 3.63) is 56.5 Å². The number of carbonyl (C=O) groups excluding carboxylic acids is 4. The maximum atomic E-state index is 14.9. The van der Waals surface area contributed by atoms with Crippen molar-refractivity contribution in [2.45, 2.75) is 76.5 Å². The molecular weight excluding hydrogens is 645 g/mol. The summed E-state index contributed by atoms with van der Waals surface area (Å²) in [5.41, 5.74) is 1.49. The van der Waals surface area contributed by atoms with Gasteiger partial charge in [-0.2, -0.15) is 0 Å². The first-order valence-electron chi connectivity index (χ1n) is 16.6. The van der Waals surface area contributed by atoms with Crippen LogP contribution in [0, 0.1) is 11.7 Å². The van der Waals surface area contributed by atoms with Crippen LogP contribution in [0.15, 0.2) is 24.3 Å². The predicted octanol–water partition coefficient (Wildman–Crippen LogP) is 3.41. The summed E-state index contributed by atoms with van der Waals surface area (Å²) in [5, 5.41) is 9.42. The molecule has 10 nitrogen and oxygen atoms in total. The quantitative estimate of drug-likeness (QED) is 0.445. The van der Waals surface area contributed by atoms with Crippen LogP contribution in [0.2, 0.25) is 0 Å². The van der Waals surface area contributed by atoms with Gasteiger partial charge in [0.1, 0.15) is 17.5 Å². The molecule has 6 rings (SSSR count). The van der Waals surface area contributed by atoms with Crippen molar-refractivity contribution < 1.29 is 28.3 Å². The third-order valence-corrected chi connectivity index (χ3v) is 11.2. The molecule has 0 saturated carbocycles. The van der Waals surface area contributed by atoms with E-state index in [-0.39, 0.29) is 60.3 Å². The molecule has 0 unspecified atom stereocenters. The lowest BCUT2D eigenvalue weighted by molar-refractivity contribution is -0.126. The predicted molar refractivity (Wildman–Crippen MR) is 179 cm³/mol. The van der Waals surface area contributed by atoms with Gasteiger partial charge in [0.25, 0.3) is 11.8 Å². The van der Waals surface area contributed by atoms with Crippen LogP contribution in [-0.2, 0) is 32.8 Å². The summed E-state index contributed by atoms with van der Waals surface area (Å²) in [6.07, 6.45) is 4.64. The highest BCUT2D eigenvalue weighted by molar-refractivity contribution is 7.14. The number of hydrogen-bond acceptors (Lipinski definition) is 7. The number of carbonyl (C=O) groups is 4. The van der Waals surface area contributed by atoms with E-state index >= 15 is 0 Å². The van der Waals surface area contributed by atoms with Crippen LogP contribution >= 0.6 is 23.7 Å². The largest absolute Gasteiger partial charge is 0.369 e. The van der Waals surface area contributed by atoms with Crippen molar-refractivity contribution in [1.29, 1.82) is 0 Å². The molecule has 256 valence electrons. The Hall–Kier alpha value is -3.06. The number of nitrogens with zero attached hydrogens (tertiary/aromatic N) is 2. The molecule has 4 aliphatic rings. The van der Waals surface area contributed by atoms with Gasteiger partial charge in [-0.3, -0.25) is 19.2 Å². The lowest BCUT2D eigenvalue weighted by Crippen LogP contribution is -2.54. The SMILES string of the molecule is CC(C)[C@@H]1CN(C(=O)c2cc3c(s2)C2(CCNCC2)OCC3)CC(=O)NCCCc2ccc(F)c(c2)C(=O)N2CCC[C@H]2C(=O)N1.Cl. The van der Waals surface area contributed by atoms with Gasteiger partial charge < -0.3 is 30.5 Å². The van der Waals surface area contributed by atoms with E-state index in [0.29, 0.717) is 50.3 Å². The number of benzene rings is 1. The molecule has 1 spiro atoms. The number of hydrogen-bond donors (Lipinski definition) is 3. The second-order valence-corrected chi connectivity index (χ2v) is 14.3.